The van der Waals surface area contributed by atoms with Crippen LogP contribution in [0.15, 0.2) is 103 Å². The van der Waals surface area contributed by atoms with Crippen LogP contribution in [0.3, 0.4) is 0 Å². The number of allylic oxidation sites excluding steroid dienone is 1. The molecule has 0 aromatic heterocycles. The summed E-state index contributed by atoms with van der Waals surface area (Å²) in [7, 11) is -11.0. The summed E-state index contributed by atoms with van der Waals surface area (Å²) in [6.07, 6.45) is 23.0. The molecule has 0 bridgehead atoms. The Morgan fingerprint density at radius 3 is 1.48 bits per heavy atom. The van der Waals surface area contributed by atoms with Crippen molar-refractivity contribution in [1.29, 1.82) is 0 Å². The van der Waals surface area contributed by atoms with Crippen molar-refractivity contribution in [3.63, 3.8) is 0 Å². The summed E-state index contributed by atoms with van der Waals surface area (Å²) in [4.78, 5) is 27.9. The molecule has 20 heteroatoms. The van der Waals surface area contributed by atoms with Gasteiger partial charge >= 0.3 is 65.1 Å². The van der Waals surface area contributed by atoms with Crippen molar-refractivity contribution in [3.8, 4) is 0 Å². The van der Waals surface area contributed by atoms with E-state index in [0.717, 1.165) is 51.4 Å². The number of unbranched alkanes of at least 4 members (excludes halogenated alkanes) is 23. The molecule has 1 amide bonds. The van der Waals surface area contributed by atoms with Gasteiger partial charge in [-0.15, -0.1) is 0 Å². The molecule has 4 rings (SSSR count). The number of benzene rings is 3. The van der Waals surface area contributed by atoms with Gasteiger partial charge in [-0.05, 0) is 48.6 Å². The van der Waals surface area contributed by atoms with Gasteiger partial charge in [0.25, 0.3) is 0 Å². The minimum Gasteiger partial charge on any atom is -0.726 e. The smallest absolute Gasteiger partial charge is 0.726 e. The van der Waals surface area contributed by atoms with Gasteiger partial charge in [-0.25, -0.2) is 21.6 Å². The molecule has 0 radical (unpaired) electrons. The third-order valence-corrected chi connectivity index (χ3v) is 14.9. The summed E-state index contributed by atoms with van der Waals surface area (Å²) >= 11 is 0. The quantitative estimate of drug-likeness (QED) is 0.0156. The van der Waals surface area contributed by atoms with Crippen molar-refractivity contribution in [2.24, 2.45) is 0 Å². The summed E-state index contributed by atoms with van der Waals surface area (Å²) in [5.41, 5.74) is 1.58. The maximum absolute atomic E-state index is 14.0. The first-order chi connectivity index (χ1) is 38.3. The SMILES string of the molecule is CCCCCCCCCCCCC/C=C/[C@@H](OC(=O)c1ccccc1)[C@H](CO[C@H]1O[C@H](COS(=O)(=O)[O-])[C@H](OS(=O)(=O)[O-])[C@H](OCc2ccccc2)[C@H]1OCc1ccccc1)NC(=O)CCCCCCCCCCCCCCC.[Na+].[Na+]. The van der Waals surface area contributed by atoms with Crippen molar-refractivity contribution >= 4 is 32.7 Å². The van der Waals surface area contributed by atoms with Crippen LogP contribution in [-0.4, -0.2) is 93.9 Å². The van der Waals surface area contributed by atoms with E-state index in [1.54, 1.807) is 91.0 Å². The van der Waals surface area contributed by atoms with E-state index in [-0.39, 0.29) is 90.2 Å². The van der Waals surface area contributed by atoms with Crippen LogP contribution in [-0.2, 0) is 70.9 Å². The van der Waals surface area contributed by atoms with Crippen LogP contribution in [0.25, 0.3) is 0 Å². The van der Waals surface area contributed by atoms with Gasteiger partial charge in [-0.1, -0.05) is 240 Å². The fourth-order valence-electron chi connectivity index (χ4n) is 9.63. The fraction of sp³-hybridized carbons (Fsp3) is 0.639. The Hall–Kier alpha value is -2.08. The molecule has 1 aliphatic rings. The first kappa shape index (κ1) is 75.0. The molecule has 1 heterocycles. The zero-order valence-corrected chi connectivity index (χ0v) is 54.6. The molecule has 7 atom stereocenters. The van der Waals surface area contributed by atoms with E-state index in [1.807, 2.05) is 12.1 Å². The molecule has 81 heavy (non-hydrogen) atoms. The normalized spacial score (nSPS) is 18.1. The molecule has 1 aliphatic heterocycles. The van der Waals surface area contributed by atoms with Crippen LogP contribution < -0.4 is 64.4 Å². The van der Waals surface area contributed by atoms with Gasteiger partial charge in [0, 0.05) is 6.42 Å². The number of amides is 1. The summed E-state index contributed by atoms with van der Waals surface area (Å²) in [6, 6.07) is 25.1. The van der Waals surface area contributed by atoms with E-state index in [9.17, 15) is 35.5 Å². The predicted molar refractivity (Wildman–Crippen MR) is 303 cm³/mol. The van der Waals surface area contributed by atoms with Gasteiger partial charge in [0.1, 0.15) is 30.5 Å². The van der Waals surface area contributed by atoms with Crippen LogP contribution in [0.2, 0.25) is 0 Å². The number of nitrogens with one attached hydrogen (secondary N) is 1. The third-order valence-electron chi connectivity index (χ3n) is 14.0. The molecule has 16 nitrogen and oxygen atoms in total. The van der Waals surface area contributed by atoms with Gasteiger partial charge in [0.2, 0.25) is 26.7 Å². The number of carbonyl (C=O) groups excluding carboxylic acids is 2. The Morgan fingerprint density at radius 1 is 0.568 bits per heavy atom. The molecule has 1 saturated heterocycles. The molecule has 3 aromatic rings. The number of carbonyl (C=O) groups is 2. The van der Waals surface area contributed by atoms with Crippen LogP contribution in [0.1, 0.15) is 202 Å². The Morgan fingerprint density at radius 2 is 1.01 bits per heavy atom. The molecule has 1 fully saturated rings. The molecule has 444 valence electrons. The van der Waals surface area contributed by atoms with Crippen molar-refractivity contribution < 1.29 is 127 Å². The Kier molecular flexibility index (Phi) is 41.9. The molecule has 3 aromatic carbocycles. The number of esters is 1. The van der Waals surface area contributed by atoms with Gasteiger partial charge in [0.05, 0.1) is 38.0 Å². The first-order valence-corrected chi connectivity index (χ1v) is 32.0. The van der Waals surface area contributed by atoms with E-state index < -0.39 is 82.8 Å². The second-order valence-corrected chi connectivity index (χ2v) is 22.8. The van der Waals surface area contributed by atoms with E-state index in [0.29, 0.717) is 24.0 Å². The predicted octanol–water partition coefficient (Wildman–Crippen LogP) is 6.68. The van der Waals surface area contributed by atoms with E-state index in [1.165, 1.54) is 96.3 Å². The second-order valence-electron chi connectivity index (χ2n) is 20.7. The van der Waals surface area contributed by atoms with Crippen LogP contribution in [0.5, 0.6) is 0 Å². The Labute approximate surface area is 530 Å². The molecule has 0 spiro atoms. The monoisotopic (exact) mass is 1190 g/mol. The van der Waals surface area contributed by atoms with E-state index >= 15 is 0 Å². The van der Waals surface area contributed by atoms with Crippen molar-refractivity contribution in [2.45, 2.75) is 237 Å². The van der Waals surface area contributed by atoms with E-state index in [2.05, 4.69) is 23.3 Å². The summed E-state index contributed by atoms with van der Waals surface area (Å²) in [5.74, 6) is -0.967. The van der Waals surface area contributed by atoms with Gasteiger partial charge in [0.15, 0.2) is 6.29 Å². The number of hydrogen-bond acceptors (Lipinski definition) is 15. The Bertz CT molecular complexity index is 2320. The van der Waals surface area contributed by atoms with Crippen molar-refractivity contribution in [3.05, 3.63) is 120 Å². The standard InChI is InChI=1S/C61H93NO15S2.2Na/c1-3-5-7-9-11-13-15-17-19-21-23-25-36-44-54(75-60(64)52-42-34-29-35-43-52)53(62-56(63)45-37-26-24-22-20-18-16-14-12-10-8-6-4-2)48-73-61-59(72-47-51-40-32-28-33-41-51)58(71-46-50-38-30-27-31-39-50)57(77-79(68,69)70)55(76-61)49-74-78(65,66)67;;/h27-36,38-44,53-55,57-59,61H,3-26,37,45-49H2,1-2H3,(H,62,63)(H,65,66,67)(H,68,69,70);;/q;2*+1/p-2/b44-36+;;/t53-,54+,55+,57-,58-,59+,61-;;/m0../s1. The molecule has 0 saturated carbocycles. The minimum atomic E-state index is -5.56. The summed E-state index contributed by atoms with van der Waals surface area (Å²) < 4.78 is 114. The zero-order chi connectivity index (χ0) is 56.8. The molecule has 0 unspecified atom stereocenters. The van der Waals surface area contributed by atoms with Crippen molar-refractivity contribution in [1.82, 2.24) is 5.32 Å². The minimum absolute atomic E-state index is 0. The number of ether oxygens (including phenoxy) is 5. The van der Waals surface area contributed by atoms with Crippen LogP contribution >= 0.6 is 0 Å². The number of rotatable bonds is 45. The molecular formula is C61H91NNa2O15S2. The van der Waals surface area contributed by atoms with Crippen LogP contribution in [0, 0.1) is 0 Å². The molecular weight excluding hydrogens is 1100 g/mol. The molecule has 1 N–H and O–H groups in total. The van der Waals surface area contributed by atoms with Crippen LogP contribution in [0.4, 0.5) is 0 Å². The molecule has 0 aliphatic carbocycles. The summed E-state index contributed by atoms with van der Waals surface area (Å²) in [6.45, 7) is 2.62. The average molecular weight is 1190 g/mol. The van der Waals surface area contributed by atoms with E-state index in [4.69, 9.17) is 27.9 Å². The largest absolute Gasteiger partial charge is 1.00 e. The third kappa shape index (κ3) is 34.6. The second kappa shape index (κ2) is 45.3. The van der Waals surface area contributed by atoms with Crippen molar-refractivity contribution in [2.75, 3.05) is 13.2 Å². The maximum atomic E-state index is 14.0. The van der Waals surface area contributed by atoms with Gasteiger partial charge in [-0.2, -0.15) is 0 Å². The number of hydrogen-bond donors (Lipinski definition) is 1. The maximum Gasteiger partial charge on any atom is 1.00 e. The first-order valence-electron chi connectivity index (χ1n) is 29.3. The zero-order valence-electron chi connectivity index (χ0n) is 49.0. The summed E-state index contributed by atoms with van der Waals surface area (Å²) in [5, 5.41) is 3.07. The fourth-order valence-corrected chi connectivity index (χ4v) is 10.4. The Balaban J connectivity index is 0.0000112. The average Bonchev–Trinajstić information content (AvgIpc) is 3.44. The topological polar surface area (TPSA) is 225 Å². The van der Waals surface area contributed by atoms with Gasteiger partial charge < -0.3 is 38.1 Å². The van der Waals surface area contributed by atoms with Gasteiger partial charge in [-0.3, -0.25) is 13.2 Å².